The Morgan fingerprint density at radius 1 is 1.14 bits per heavy atom. The first-order valence-corrected chi connectivity index (χ1v) is 10.4. The molecular formula is C21H21ClN2O4S. The van der Waals surface area contributed by atoms with Crippen molar-refractivity contribution in [1.82, 2.24) is 4.98 Å². The Morgan fingerprint density at radius 3 is 2.62 bits per heavy atom. The number of ether oxygens (including phenoxy) is 2. The summed E-state index contributed by atoms with van der Waals surface area (Å²) < 4.78 is 10.4. The molecule has 3 rings (SSSR count). The number of aromatic nitrogens is 1. The topological polar surface area (TPSA) is 80.4 Å². The van der Waals surface area contributed by atoms with Gasteiger partial charge in [0.25, 0.3) is 0 Å². The Hall–Kier alpha value is -2.64. The summed E-state index contributed by atoms with van der Waals surface area (Å²) in [7, 11) is 3.01. The second-order valence-corrected chi connectivity index (χ2v) is 7.83. The number of nitrogens with one attached hydrogen (secondary N) is 2. The fourth-order valence-electron chi connectivity index (χ4n) is 2.89. The summed E-state index contributed by atoms with van der Waals surface area (Å²) in [6.45, 7) is 1.95. The third kappa shape index (κ3) is 5.05. The predicted molar refractivity (Wildman–Crippen MR) is 119 cm³/mol. The van der Waals surface area contributed by atoms with E-state index in [4.69, 9.17) is 21.1 Å². The summed E-state index contributed by atoms with van der Waals surface area (Å²) in [6.07, 6.45) is 0. The van der Waals surface area contributed by atoms with Crippen LogP contribution in [0.4, 0.5) is 5.69 Å². The quantitative estimate of drug-likeness (QED) is 0.579. The number of hydrogen-bond acceptors (Lipinski definition) is 5. The van der Waals surface area contributed by atoms with Gasteiger partial charge in [-0.3, -0.25) is 9.59 Å². The molecule has 0 radical (unpaired) electrons. The Kier molecular flexibility index (Phi) is 6.71. The highest BCUT2D eigenvalue weighted by atomic mass is 35.5. The monoisotopic (exact) mass is 432 g/mol. The fourth-order valence-corrected chi connectivity index (χ4v) is 3.87. The van der Waals surface area contributed by atoms with Crippen LogP contribution in [-0.2, 0) is 10.5 Å². The van der Waals surface area contributed by atoms with Crippen LogP contribution in [0.1, 0.15) is 11.3 Å². The van der Waals surface area contributed by atoms with E-state index in [1.807, 2.05) is 25.1 Å². The van der Waals surface area contributed by atoms with Crippen molar-refractivity contribution in [3.8, 4) is 11.5 Å². The van der Waals surface area contributed by atoms with Gasteiger partial charge in [-0.15, -0.1) is 11.8 Å². The van der Waals surface area contributed by atoms with Gasteiger partial charge >= 0.3 is 0 Å². The molecular weight excluding hydrogens is 412 g/mol. The molecule has 6 nitrogen and oxygen atoms in total. The molecule has 29 heavy (non-hydrogen) atoms. The van der Waals surface area contributed by atoms with E-state index in [1.165, 1.54) is 26.0 Å². The molecule has 0 aliphatic carbocycles. The number of hydrogen-bond donors (Lipinski definition) is 2. The summed E-state index contributed by atoms with van der Waals surface area (Å²) in [6, 6.07) is 10.5. The normalized spacial score (nSPS) is 10.8. The van der Waals surface area contributed by atoms with Crippen molar-refractivity contribution in [3.05, 3.63) is 62.9 Å². The predicted octanol–water partition coefficient (Wildman–Crippen LogP) is 4.38. The van der Waals surface area contributed by atoms with Crippen LogP contribution < -0.4 is 20.2 Å². The number of H-pyrrole nitrogens is 1. The first-order chi connectivity index (χ1) is 13.9. The van der Waals surface area contributed by atoms with E-state index in [1.54, 1.807) is 18.2 Å². The number of amides is 1. The number of benzene rings is 2. The van der Waals surface area contributed by atoms with Crippen LogP contribution in [0.25, 0.3) is 10.9 Å². The number of pyridine rings is 1. The number of methoxy groups -OCH3 is 2. The van der Waals surface area contributed by atoms with E-state index >= 15 is 0 Å². The zero-order chi connectivity index (χ0) is 21.0. The largest absolute Gasteiger partial charge is 0.495 e. The highest BCUT2D eigenvalue weighted by Gasteiger charge is 2.13. The Bertz CT molecular complexity index is 1110. The maximum absolute atomic E-state index is 12.3. The Labute approximate surface area is 177 Å². The number of aromatic amines is 1. The van der Waals surface area contributed by atoms with Crippen LogP contribution in [0.5, 0.6) is 11.5 Å². The maximum atomic E-state index is 12.3. The molecule has 2 aromatic carbocycles. The number of halogens is 1. The van der Waals surface area contributed by atoms with E-state index in [2.05, 4.69) is 10.3 Å². The van der Waals surface area contributed by atoms with Gasteiger partial charge < -0.3 is 19.8 Å². The minimum absolute atomic E-state index is 0.0277. The Morgan fingerprint density at radius 2 is 1.90 bits per heavy atom. The van der Waals surface area contributed by atoms with Crippen molar-refractivity contribution in [3.63, 3.8) is 0 Å². The molecule has 0 fully saturated rings. The van der Waals surface area contributed by atoms with Crippen LogP contribution in [0.2, 0.25) is 5.02 Å². The van der Waals surface area contributed by atoms with Gasteiger partial charge in [-0.25, -0.2) is 0 Å². The zero-order valence-corrected chi connectivity index (χ0v) is 17.9. The molecule has 0 atom stereocenters. The van der Waals surface area contributed by atoms with Gasteiger partial charge in [0, 0.05) is 34.5 Å². The van der Waals surface area contributed by atoms with Crippen molar-refractivity contribution < 1.29 is 14.3 Å². The van der Waals surface area contributed by atoms with Crippen molar-refractivity contribution >= 4 is 45.9 Å². The first kappa shape index (κ1) is 21.1. The van der Waals surface area contributed by atoms with Crippen LogP contribution in [0.15, 0.2) is 41.2 Å². The molecule has 1 aromatic heterocycles. The number of carbonyl (C=O) groups excluding carboxylic acids is 1. The van der Waals surface area contributed by atoms with Gasteiger partial charge in [-0.2, -0.15) is 0 Å². The molecule has 3 aromatic rings. The van der Waals surface area contributed by atoms with Crippen LogP contribution >= 0.6 is 23.4 Å². The molecule has 0 spiro atoms. The number of carbonyl (C=O) groups is 1. The molecule has 1 heterocycles. The number of fused-ring (bicyclic) bond motifs is 1. The zero-order valence-electron chi connectivity index (χ0n) is 16.3. The minimum atomic E-state index is -0.201. The molecule has 1 amide bonds. The van der Waals surface area contributed by atoms with E-state index < -0.39 is 0 Å². The summed E-state index contributed by atoms with van der Waals surface area (Å²) in [5.74, 6) is 1.44. The molecule has 0 aliphatic rings. The third-order valence-corrected chi connectivity index (χ3v) is 5.56. The van der Waals surface area contributed by atoms with Crippen LogP contribution in [-0.4, -0.2) is 30.9 Å². The van der Waals surface area contributed by atoms with E-state index in [0.29, 0.717) is 33.3 Å². The Balaban J connectivity index is 1.63. The summed E-state index contributed by atoms with van der Waals surface area (Å²) >= 11 is 7.53. The molecule has 2 N–H and O–H groups in total. The number of rotatable bonds is 7. The third-order valence-electron chi connectivity index (χ3n) is 4.28. The smallest absolute Gasteiger partial charge is 0.234 e. The van der Waals surface area contributed by atoms with Gasteiger partial charge in [0.05, 0.1) is 30.7 Å². The average Bonchev–Trinajstić information content (AvgIpc) is 2.69. The molecule has 0 saturated carbocycles. The van der Waals surface area contributed by atoms with Gasteiger partial charge in [-0.1, -0.05) is 23.2 Å². The van der Waals surface area contributed by atoms with Crippen LogP contribution in [0.3, 0.4) is 0 Å². The lowest BCUT2D eigenvalue weighted by atomic mass is 10.1. The average molecular weight is 433 g/mol. The summed E-state index contributed by atoms with van der Waals surface area (Å²) in [4.78, 5) is 27.9. The first-order valence-electron chi connectivity index (χ1n) is 8.83. The van der Waals surface area contributed by atoms with Crippen molar-refractivity contribution in [2.24, 2.45) is 0 Å². The van der Waals surface area contributed by atoms with Crippen molar-refractivity contribution in [2.45, 2.75) is 12.7 Å². The van der Waals surface area contributed by atoms with Gasteiger partial charge in [-0.05, 0) is 25.1 Å². The lowest BCUT2D eigenvalue weighted by Crippen LogP contribution is -2.15. The molecule has 0 aliphatic heterocycles. The molecule has 0 unspecified atom stereocenters. The summed E-state index contributed by atoms with van der Waals surface area (Å²) in [5.41, 5.74) is 3.05. The van der Waals surface area contributed by atoms with Gasteiger partial charge in [0.15, 0.2) is 5.43 Å². The lowest BCUT2D eigenvalue weighted by molar-refractivity contribution is -0.113. The fraction of sp³-hybridized carbons (Fsp3) is 0.238. The van der Waals surface area contributed by atoms with E-state index in [-0.39, 0.29) is 17.1 Å². The highest BCUT2D eigenvalue weighted by molar-refractivity contribution is 7.99. The van der Waals surface area contributed by atoms with E-state index in [9.17, 15) is 9.59 Å². The van der Waals surface area contributed by atoms with Gasteiger partial charge in [0.2, 0.25) is 5.91 Å². The highest BCUT2D eigenvalue weighted by Crippen LogP contribution is 2.35. The standard InChI is InChI=1S/C21H21ClN2O4S/c1-12-4-5-16-14(6-12)18(25)7-13(23-16)10-29-11-21(26)24-17-8-15(22)19(27-2)9-20(17)28-3/h4-9H,10-11H2,1-3H3,(H,23,25)(H,24,26). The minimum Gasteiger partial charge on any atom is -0.495 e. The maximum Gasteiger partial charge on any atom is 0.234 e. The molecule has 0 saturated heterocycles. The van der Waals surface area contributed by atoms with Gasteiger partial charge in [0.1, 0.15) is 11.5 Å². The number of anilines is 1. The molecule has 152 valence electrons. The van der Waals surface area contributed by atoms with Crippen molar-refractivity contribution in [1.29, 1.82) is 0 Å². The molecule has 8 heteroatoms. The SMILES string of the molecule is COc1cc(OC)c(NC(=O)CSCc2cc(=O)c3cc(C)ccc3[nH]2)cc1Cl. The summed E-state index contributed by atoms with van der Waals surface area (Å²) in [5, 5.41) is 3.83. The van der Waals surface area contributed by atoms with E-state index in [0.717, 1.165) is 16.8 Å². The van der Waals surface area contributed by atoms with Crippen molar-refractivity contribution in [2.75, 3.05) is 25.3 Å². The molecule has 0 bridgehead atoms. The van der Waals surface area contributed by atoms with Crippen LogP contribution in [0, 0.1) is 6.92 Å². The number of aryl methyl sites for hydroxylation is 1. The lowest BCUT2D eigenvalue weighted by Gasteiger charge is -2.13. The number of thioether (sulfide) groups is 1. The second-order valence-electron chi connectivity index (χ2n) is 6.44. The second kappa shape index (κ2) is 9.24.